The summed E-state index contributed by atoms with van der Waals surface area (Å²) in [5, 5.41) is 0.523. The van der Waals surface area contributed by atoms with Crippen LogP contribution in [0.1, 0.15) is 22.9 Å². The number of aryl methyl sites for hydroxylation is 2. The molecule has 0 aliphatic heterocycles. The molecule has 2 aromatic heterocycles. The zero-order chi connectivity index (χ0) is 21.1. The minimum absolute atomic E-state index is 0.283. The van der Waals surface area contributed by atoms with Crippen molar-refractivity contribution in [3.63, 3.8) is 0 Å². The number of benzene rings is 1. The van der Waals surface area contributed by atoms with Crippen LogP contribution in [0.3, 0.4) is 0 Å². The Kier molecular flexibility index (Phi) is 6.12. The second kappa shape index (κ2) is 8.57. The first-order valence-electron chi connectivity index (χ1n) is 9.21. The number of fused-ring (bicyclic) bond motifs is 1. The number of esters is 1. The lowest BCUT2D eigenvalue weighted by atomic mass is 10.2. The summed E-state index contributed by atoms with van der Waals surface area (Å²) in [6.45, 7) is 5.44. The lowest BCUT2D eigenvalue weighted by molar-refractivity contribution is -0.159. The van der Waals surface area contributed by atoms with E-state index in [0.29, 0.717) is 16.8 Å². The van der Waals surface area contributed by atoms with Gasteiger partial charge in [-0.1, -0.05) is 30.3 Å². The average molecular weight is 413 g/mol. The first-order valence-corrected chi connectivity index (χ1v) is 10.0. The fourth-order valence-electron chi connectivity index (χ4n) is 3.05. The molecule has 152 valence electrons. The molecule has 2 heterocycles. The van der Waals surface area contributed by atoms with Crippen molar-refractivity contribution >= 4 is 33.4 Å². The van der Waals surface area contributed by atoms with Gasteiger partial charge in [-0.05, 0) is 31.9 Å². The van der Waals surface area contributed by atoms with Crippen LogP contribution in [-0.4, -0.2) is 39.5 Å². The SMILES string of the molecule is Cc1sc2ncn(CC(=O)O[C@@H](C)C(=O)N(C)Cc3ccccc3)c(=O)c2c1C. The third-order valence-corrected chi connectivity index (χ3v) is 5.87. The maximum absolute atomic E-state index is 12.7. The maximum atomic E-state index is 12.7. The van der Waals surface area contributed by atoms with E-state index in [9.17, 15) is 14.4 Å². The van der Waals surface area contributed by atoms with Gasteiger partial charge < -0.3 is 9.64 Å². The van der Waals surface area contributed by atoms with Gasteiger partial charge in [-0.2, -0.15) is 0 Å². The molecule has 0 aliphatic rings. The molecule has 3 rings (SSSR count). The van der Waals surface area contributed by atoms with Crippen LogP contribution in [-0.2, 0) is 27.4 Å². The number of nitrogens with zero attached hydrogens (tertiary/aromatic N) is 3. The second-order valence-corrected chi connectivity index (χ2v) is 8.16. The van der Waals surface area contributed by atoms with Gasteiger partial charge in [0.25, 0.3) is 11.5 Å². The highest BCUT2D eigenvalue weighted by atomic mass is 32.1. The van der Waals surface area contributed by atoms with E-state index < -0.39 is 12.1 Å². The van der Waals surface area contributed by atoms with Crippen LogP contribution in [0.15, 0.2) is 41.5 Å². The molecule has 0 fully saturated rings. The normalized spacial score (nSPS) is 12.0. The van der Waals surface area contributed by atoms with Gasteiger partial charge in [-0.25, -0.2) is 4.98 Å². The Bertz CT molecular complexity index is 1100. The van der Waals surface area contributed by atoms with Crippen molar-refractivity contribution in [2.24, 2.45) is 0 Å². The zero-order valence-corrected chi connectivity index (χ0v) is 17.7. The Hall–Kier alpha value is -3.00. The number of thiophene rings is 1. The monoisotopic (exact) mass is 413 g/mol. The van der Waals surface area contributed by atoms with E-state index >= 15 is 0 Å². The molecule has 1 atom stereocenters. The number of likely N-dealkylation sites (N-methyl/N-ethyl adjacent to an activating group) is 1. The Labute approximate surface area is 172 Å². The topological polar surface area (TPSA) is 81.5 Å². The first kappa shape index (κ1) is 20.7. The van der Waals surface area contributed by atoms with Crippen LogP contribution < -0.4 is 5.56 Å². The molecule has 0 saturated heterocycles. The maximum Gasteiger partial charge on any atom is 0.326 e. The molecular weight excluding hydrogens is 390 g/mol. The molecule has 7 nitrogen and oxygen atoms in total. The van der Waals surface area contributed by atoms with Gasteiger partial charge in [0.05, 0.1) is 11.7 Å². The molecule has 1 aromatic carbocycles. The predicted molar refractivity (Wildman–Crippen MR) is 112 cm³/mol. The number of ether oxygens (including phenoxy) is 1. The Morgan fingerprint density at radius 2 is 1.93 bits per heavy atom. The summed E-state index contributed by atoms with van der Waals surface area (Å²) < 4.78 is 6.48. The largest absolute Gasteiger partial charge is 0.451 e. The van der Waals surface area contributed by atoms with Crippen molar-refractivity contribution in [1.29, 1.82) is 0 Å². The summed E-state index contributed by atoms with van der Waals surface area (Å²) in [7, 11) is 1.66. The molecule has 29 heavy (non-hydrogen) atoms. The molecule has 8 heteroatoms. The van der Waals surface area contributed by atoms with Gasteiger partial charge >= 0.3 is 5.97 Å². The summed E-state index contributed by atoms with van der Waals surface area (Å²) in [6, 6.07) is 9.55. The van der Waals surface area contributed by atoms with Crippen molar-refractivity contribution in [2.75, 3.05) is 7.05 Å². The third kappa shape index (κ3) is 4.54. The molecule has 0 saturated carbocycles. The Morgan fingerprint density at radius 3 is 2.62 bits per heavy atom. The summed E-state index contributed by atoms with van der Waals surface area (Å²) in [5.41, 5.74) is 1.57. The Morgan fingerprint density at radius 1 is 1.24 bits per heavy atom. The Balaban J connectivity index is 1.65. The van der Waals surface area contributed by atoms with Crippen molar-refractivity contribution < 1.29 is 14.3 Å². The van der Waals surface area contributed by atoms with Crippen molar-refractivity contribution in [1.82, 2.24) is 14.5 Å². The minimum atomic E-state index is -0.950. The van der Waals surface area contributed by atoms with E-state index in [2.05, 4.69) is 4.98 Å². The van der Waals surface area contributed by atoms with Crippen LogP contribution in [0.5, 0.6) is 0 Å². The fraction of sp³-hybridized carbons (Fsp3) is 0.333. The van der Waals surface area contributed by atoms with Gasteiger partial charge in [0.1, 0.15) is 11.4 Å². The van der Waals surface area contributed by atoms with Crippen molar-refractivity contribution in [2.45, 2.75) is 40.0 Å². The minimum Gasteiger partial charge on any atom is -0.451 e. The molecule has 0 aliphatic carbocycles. The molecule has 1 amide bonds. The molecule has 0 spiro atoms. The van der Waals surface area contributed by atoms with E-state index in [1.165, 1.54) is 34.1 Å². The number of carbonyl (C=O) groups is 2. The van der Waals surface area contributed by atoms with Crippen LogP contribution in [0, 0.1) is 13.8 Å². The van der Waals surface area contributed by atoms with Gasteiger partial charge in [0, 0.05) is 18.5 Å². The van der Waals surface area contributed by atoms with Crippen molar-refractivity contribution in [3.8, 4) is 0 Å². The van der Waals surface area contributed by atoms with E-state index in [-0.39, 0.29) is 18.0 Å². The highest BCUT2D eigenvalue weighted by Gasteiger charge is 2.22. The summed E-state index contributed by atoms with van der Waals surface area (Å²) >= 11 is 1.45. The summed E-state index contributed by atoms with van der Waals surface area (Å²) in [4.78, 5) is 44.9. The lowest BCUT2D eigenvalue weighted by Crippen LogP contribution is -2.38. The molecule has 0 radical (unpaired) electrons. The first-order chi connectivity index (χ1) is 13.8. The predicted octanol–water partition coefficient (Wildman–Crippen LogP) is 2.67. The zero-order valence-electron chi connectivity index (χ0n) is 16.8. The second-order valence-electron chi connectivity index (χ2n) is 6.95. The number of carbonyl (C=O) groups excluding carboxylic acids is 2. The highest BCUT2D eigenvalue weighted by molar-refractivity contribution is 7.18. The smallest absolute Gasteiger partial charge is 0.326 e. The standard InChI is InChI=1S/C21H23N3O4S/c1-13-15(3)29-19-18(13)21(27)24(12-22-19)11-17(25)28-14(2)20(26)23(4)10-16-8-6-5-7-9-16/h5-9,12,14H,10-11H2,1-4H3/t14-/m0/s1. The van der Waals surface area contributed by atoms with Crippen molar-refractivity contribution in [3.05, 3.63) is 63.0 Å². The van der Waals surface area contributed by atoms with E-state index in [1.54, 1.807) is 7.05 Å². The number of rotatable bonds is 6. The van der Waals surface area contributed by atoms with E-state index in [0.717, 1.165) is 16.0 Å². The average Bonchev–Trinajstić information content (AvgIpc) is 2.98. The van der Waals surface area contributed by atoms with E-state index in [4.69, 9.17) is 4.74 Å². The third-order valence-electron chi connectivity index (χ3n) is 4.75. The molecule has 0 unspecified atom stereocenters. The molecule has 0 N–H and O–H groups in total. The molecular formula is C21H23N3O4S. The summed E-state index contributed by atoms with van der Waals surface area (Å²) in [6.07, 6.45) is 0.392. The van der Waals surface area contributed by atoms with Gasteiger partial charge in [-0.3, -0.25) is 19.0 Å². The van der Waals surface area contributed by atoms with Gasteiger partial charge in [0.15, 0.2) is 6.10 Å². The molecule has 0 bridgehead atoms. The number of hydrogen-bond donors (Lipinski definition) is 0. The van der Waals surface area contributed by atoms with Crippen LogP contribution >= 0.6 is 11.3 Å². The van der Waals surface area contributed by atoms with Crippen LogP contribution in [0.25, 0.3) is 10.2 Å². The molecule has 3 aromatic rings. The van der Waals surface area contributed by atoms with Crippen LogP contribution in [0.4, 0.5) is 0 Å². The number of hydrogen-bond acceptors (Lipinski definition) is 6. The highest BCUT2D eigenvalue weighted by Crippen LogP contribution is 2.25. The van der Waals surface area contributed by atoms with Crippen LogP contribution in [0.2, 0.25) is 0 Å². The summed E-state index contributed by atoms with van der Waals surface area (Å²) in [5.74, 6) is -0.973. The number of aromatic nitrogens is 2. The van der Waals surface area contributed by atoms with Gasteiger partial charge in [0.2, 0.25) is 0 Å². The fourth-order valence-corrected chi connectivity index (χ4v) is 4.04. The quantitative estimate of drug-likeness (QED) is 0.581. The van der Waals surface area contributed by atoms with Gasteiger partial charge in [-0.15, -0.1) is 11.3 Å². The lowest BCUT2D eigenvalue weighted by Gasteiger charge is -2.21. The van der Waals surface area contributed by atoms with E-state index in [1.807, 2.05) is 44.2 Å². The number of amides is 1.